The first-order valence-corrected chi connectivity index (χ1v) is 6.73. The molecule has 2 aromatic rings. The molecule has 2 rings (SSSR count). The van der Waals surface area contributed by atoms with E-state index in [-0.39, 0.29) is 12.5 Å². The highest BCUT2D eigenvalue weighted by Gasteiger charge is 2.15. The second-order valence-electron chi connectivity index (χ2n) is 4.55. The summed E-state index contributed by atoms with van der Waals surface area (Å²) in [6.07, 6.45) is 0.256. The molecule has 1 nitrogen and oxygen atoms in total. The van der Waals surface area contributed by atoms with Crippen molar-refractivity contribution in [2.24, 2.45) is 5.73 Å². The van der Waals surface area contributed by atoms with Crippen molar-refractivity contribution in [2.75, 3.05) is 0 Å². The van der Waals surface area contributed by atoms with Crippen molar-refractivity contribution in [1.82, 2.24) is 0 Å². The summed E-state index contributed by atoms with van der Waals surface area (Å²) < 4.78 is 27.6. The van der Waals surface area contributed by atoms with Crippen LogP contribution in [0.25, 0.3) is 0 Å². The molecule has 1 atom stereocenters. The molecule has 0 aliphatic heterocycles. The average molecular weight is 326 g/mol. The van der Waals surface area contributed by atoms with Crippen LogP contribution < -0.4 is 5.73 Å². The molecule has 4 heteroatoms. The van der Waals surface area contributed by atoms with Crippen LogP contribution in [0, 0.1) is 18.6 Å². The molecule has 100 valence electrons. The number of aryl methyl sites for hydroxylation is 1. The Bertz CT molecular complexity index is 599. The van der Waals surface area contributed by atoms with Gasteiger partial charge < -0.3 is 5.73 Å². The van der Waals surface area contributed by atoms with Crippen molar-refractivity contribution >= 4 is 15.9 Å². The Morgan fingerprint density at radius 3 is 2.68 bits per heavy atom. The van der Waals surface area contributed by atoms with E-state index in [9.17, 15) is 8.78 Å². The Morgan fingerprint density at radius 1 is 1.21 bits per heavy atom. The molecule has 2 N–H and O–H groups in total. The third-order valence-electron chi connectivity index (χ3n) is 3.02. The van der Waals surface area contributed by atoms with Gasteiger partial charge in [0.1, 0.15) is 0 Å². The molecule has 0 aliphatic carbocycles. The molecule has 0 fully saturated rings. The number of rotatable bonds is 3. The lowest BCUT2D eigenvalue weighted by molar-refractivity contribution is 0.494. The molecule has 0 bridgehead atoms. The van der Waals surface area contributed by atoms with E-state index in [0.29, 0.717) is 5.56 Å². The van der Waals surface area contributed by atoms with Crippen molar-refractivity contribution < 1.29 is 8.78 Å². The van der Waals surface area contributed by atoms with E-state index >= 15 is 0 Å². The minimum atomic E-state index is -0.840. The van der Waals surface area contributed by atoms with Crippen LogP contribution in [0.4, 0.5) is 8.78 Å². The van der Waals surface area contributed by atoms with Crippen LogP contribution >= 0.6 is 15.9 Å². The van der Waals surface area contributed by atoms with Crippen molar-refractivity contribution in [3.8, 4) is 0 Å². The Balaban J connectivity index is 2.28. The highest BCUT2D eigenvalue weighted by atomic mass is 79.9. The lowest BCUT2D eigenvalue weighted by Gasteiger charge is -2.15. The van der Waals surface area contributed by atoms with Crippen molar-refractivity contribution in [3.05, 3.63) is 69.2 Å². The quantitative estimate of drug-likeness (QED) is 0.895. The summed E-state index contributed by atoms with van der Waals surface area (Å²) in [5.74, 6) is -1.66. The zero-order chi connectivity index (χ0) is 14.0. The Labute approximate surface area is 119 Å². The van der Waals surface area contributed by atoms with Gasteiger partial charge in [-0.05, 0) is 36.6 Å². The van der Waals surface area contributed by atoms with Gasteiger partial charge in [0.2, 0.25) is 0 Å². The molecule has 0 saturated heterocycles. The van der Waals surface area contributed by atoms with E-state index in [2.05, 4.69) is 15.9 Å². The normalized spacial score (nSPS) is 12.5. The first-order chi connectivity index (χ1) is 8.99. The first-order valence-electron chi connectivity index (χ1n) is 5.93. The fourth-order valence-corrected chi connectivity index (χ4v) is 2.54. The summed E-state index contributed by atoms with van der Waals surface area (Å²) in [5.41, 5.74) is 8.36. The maximum atomic E-state index is 13.6. The van der Waals surface area contributed by atoms with Gasteiger partial charge in [0, 0.05) is 10.5 Å². The zero-order valence-corrected chi connectivity index (χ0v) is 12.0. The molecule has 0 aliphatic rings. The third kappa shape index (κ3) is 3.19. The molecule has 0 aromatic heterocycles. The average Bonchev–Trinajstić information content (AvgIpc) is 2.38. The van der Waals surface area contributed by atoms with Gasteiger partial charge in [-0.15, -0.1) is 0 Å². The molecular weight excluding hydrogens is 312 g/mol. The van der Waals surface area contributed by atoms with E-state index < -0.39 is 11.6 Å². The van der Waals surface area contributed by atoms with Crippen molar-refractivity contribution in [1.29, 1.82) is 0 Å². The summed E-state index contributed by atoms with van der Waals surface area (Å²) in [4.78, 5) is 0. The van der Waals surface area contributed by atoms with Gasteiger partial charge in [0.15, 0.2) is 11.6 Å². The molecule has 0 saturated carbocycles. The van der Waals surface area contributed by atoms with E-state index in [1.165, 1.54) is 6.07 Å². The fraction of sp³-hybridized carbons (Fsp3) is 0.200. The summed E-state index contributed by atoms with van der Waals surface area (Å²) >= 11 is 3.43. The van der Waals surface area contributed by atoms with Gasteiger partial charge in [0.05, 0.1) is 0 Å². The molecule has 0 radical (unpaired) electrons. The van der Waals surface area contributed by atoms with Crippen LogP contribution in [0.2, 0.25) is 0 Å². The van der Waals surface area contributed by atoms with Gasteiger partial charge in [0.25, 0.3) is 0 Å². The number of benzene rings is 2. The third-order valence-corrected chi connectivity index (χ3v) is 3.74. The van der Waals surface area contributed by atoms with Crippen molar-refractivity contribution in [3.63, 3.8) is 0 Å². The number of nitrogens with two attached hydrogens (primary N) is 1. The smallest absolute Gasteiger partial charge is 0.162 e. The molecule has 2 aromatic carbocycles. The number of hydrogen-bond donors (Lipinski definition) is 1. The van der Waals surface area contributed by atoms with E-state index in [1.807, 2.05) is 25.1 Å². The highest BCUT2D eigenvalue weighted by Crippen LogP contribution is 2.26. The van der Waals surface area contributed by atoms with Gasteiger partial charge in [-0.25, -0.2) is 8.78 Å². The van der Waals surface area contributed by atoms with E-state index in [0.717, 1.165) is 21.7 Å². The topological polar surface area (TPSA) is 26.0 Å². The van der Waals surface area contributed by atoms with Crippen LogP contribution in [-0.2, 0) is 6.42 Å². The standard InChI is InChI=1S/C15H14BrF2N/c1-9-5-6-12(16)11(7-9)14(19)8-10-3-2-4-13(17)15(10)18/h2-7,14H,8,19H2,1H3. The van der Waals surface area contributed by atoms with Gasteiger partial charge in [-0.1, -0.05) is 45.8 Å². The SMILES string of the molecule is Cc1ccc(Br)c(C(N)Cc2cccc(F)c2F)c1. The second-order valence-corrected chi connectivity index (χ2v) is 5.40. The maximum Gasteiger partial charge on any atom is 0.162 e. The Hall–Kier alpha value is -1.26. The molecular formula is C15H14BrF2N. The fourth-order valence-electron chi connectivity index (χ4n) is 2.00. The molecule has 0 spiro atoms. The van der Waals surface area contributed by atoms with Gasteiger partial charge >= 0.3 is 0 Å². The molecule has 0 heterocycles. The minimum Gasteiger partial charge on any atom is -0.324 e. The summed E-state index contributed by atoms with van der Waals surface area (Å²) in [6, 6.07) is 9.59. The maximum absolute atomic E-state index is 13.6. The van der Waals surface area contributed by atoms with Crippen LogP contribution in [0.15, 0.2) is 40.9 Å². The van der Waals surface area contributed by atoms with Gasteiger partial charge in [-0.2, -0.15) is 0 Å². The highest BCUT2D eigenvalue weighted by molar-refractivity contribution is 9.10. The van der Waals surface area contributed by atoms with Gasteiger partial charge in [-0.3, -0.25) is 0 Å². The van der Waals surface area contributed by atoms with Crippen LogP contribution in [0.1, 0.15) is 22.7 Å². The second kappa shape index (κ2) is 5.80. The van der Waals surface area contributed by atoms with E-state index in [1.54, 1.807) is 6.07 Å². The van der Waals surface area contributed by atoms with Crippen LogP contribution in [0.3, 0.4) is 0 Å². The number of halogens is 3. The summed E-state index contributed by atoms with van der Waals surface area (Å²) in [5, 5.41) is 0. The minimum absolute atomic E-state index is 0.256. The predicted molar refractivity (Wildman–Crippen MR) is 75.9 cm³/mol. The summed E-state index contributed by atoms with van der Waals surface area (Å²) in [7, 11) is 0. The Morgan fingerprint density at radius 2 is 1.95 bits per heavy atom. The Kier molecular flexibility index (Phi) is 4.32. The van der Waals surface area contributed by atoms with E-state index in [4.69, 9.17) is 5.73 Å². The lowest BCUT2D eigenvalue weighted by Crippen LogP contribution is -2.15. The van der Waals surface area contributed by atoms with Crippen LogP contribution in [-0.4, -0.2) is 0 Å². The van der Waals surface area contributed by atoms with Crippen LogP contribution in [0.5, 0.6) is 0 Å². The zero-order valence-electron chi connectivity index (χ0n) is 10.5. The molecule has 0 amide bonds. The van der Waals surface area contributed by atoms with Crippen molar-refractivity contribution in [2.45, 2.75) is 19.4 Å². The monoisotopic (exact) mass is 325 g/mol. The number of hydrogen-bond acceptors (Lipinski definition) is 1. The first kappa shape index (κ1) is 14.2. The lowest BCUT2D eigenvalue weighted by atomic mass is 9.98. The molecule has 1 unspecified atom stereocenters. The largest absolute Gasteiger partial charge is 0.324 e. The summed E-state index contributed by atoms with van der Waals surface area (Å²) in [6.45, 7) is 1.96. The molecule has 19 heavy (non-hydrogen) atoms. The predicted octanol–water partition coefficient (Wildman–Crippen LogP) is 4.28.